The van der Waals surface area contributed by atoms with Crippen molar-refractivity contribution in [1.82, 2.24) is 5.32 Å². The molecule has 1 aromatic rings. The molecule has 92 valence electrons. The Balaban J connectivity index is 2.72. The lowest BCUT2D eigenvalue weighted by molar-refractivity contribution is -0.142. The molecular weight excluding hydrogens is 222 g/mol. The molecular formula is C12H15NO4. The summed E-state index contributed by atoms with van der Waals surface area (Å²) in [6.07, 6.45) is 0. The second-order valence-electron chi connectivity index (χ2n) is 3.45. The summed E-state index contributed by atoms with van der Waals surface area (Å²) in [6, 6.07) is 6.00. The zero-order valence-corrected chi connectivity index (χ0v) is 10.0. The first-order valence-corrected chi connectivity index (χ1v) is 5.11. The van der Waals surface area contributed by atoms with Gasteiger partial charge in [-0.05, 0) is 25.1 Å². The Morgan fingerprint density at radius 2 is 2.00 bits per heavy atom. The number of esters is 1. The van der Waals surface area contributed by atoms with Crippen molar-refractivity contribution in [2.24, 2.45) is 0 Å². The van der Waals surface area contributed by atoms with Gasteiger partial charge in [0.15, 0.2) is 0 Å². The molecule has 1 rings (SSSR count). The van der Waals surface area contributed by atoms with E-state index in [1.54, 1.807) is 31.2 Å². The lowest BCUT2D eigenvalue weighted by Gasteiger charge is -2.11. The highest BCUT2D eigenvalue weighted by Gasteiger charge is 2.16. The van der Waals surface area contributed by atoms with Crippen LogP contribution in [0, 0.1) is 0 Å². The fourth-order valence-corrected chi connectivity index (χ4v) is 1.28. The molecule has 0 saturated heterocycles. The van der Waals surface area contributed by atoms with Crippen molar-refractivity contribution in [3.63, 3.8) is 0 Å². The molecule has 5 heteroatoms. The summed E-state index contributed by atoms with van der Waals surface area (Å²) in [6.45, 7) is 1.56. The fraction of sp³-hybridized carbons (Fsp3) is 0.333. The number of methoxy groups -OCH3 is 2. The van der Waals surface area contributed by atoms with E-state index in [1.807, 2.05) is 0 Å². The topological polar surface area (TPSA) is 64.6 Å². The SMILES string of the molecule is COC(=O)[C@H](C)NC(=O)c1cccc(OC)c1. The van der Waals surface area contributed by atoms with Gasteiger partial charge in [0.25, 0.3) is 5.91 Å². The molecule has 5 nitrogen and oxygen atoms in total. The molecule has 0 fully saturated rings. The number of carbonyl (C=O) groups is 2. The third-order valence-electron chi connectivity index (χ3n) is 2.23. The van der Waals surface area contributed by atoms with Gasteiger partial charge in [-0.1, -0.05) is 6.07 Å². The van der Waals surface area contributed by atoms with Gasteiger partial charge in [0.05, 0.1) is 14.2 Å². The molecule has 1 aromatic carbocycles. The molecule has 0 spiro atoms. The predicted octanol–water partition coefficient (Wildman–Crippen LogP) is 0.986. The van der Waals surface area contributed by atoms with Crippen molar-refractivity contribution in [1.29, 1.82) is 0 Å². The van der Waals surface area contributed by atoms with Crippen LogP contribution in [0.4, 0.5) is 0 Å². The first-order chi connectivity index (χ1) is 8.08. The number of carbonyl (C=O) groups excluding carboxylic acids is 2. The molecule has 0 radical (unpaired) electrons. The average molecular weight is 237 g/mol. The quantitative estimate of drug-likeness (QED) is 0.793. The first-order valence-electron chi connectivity index (χ1n) is 5.11. The van der Waals surface area contributed by atoms with Crippen molar-refractivity contribution < 1.29 is 19.1 Å². The molecule has 1 atom stereocenters. The number of rotatable bonds is 4. The number of nitrogens with one attached hydrogen (secondary N) is 1. The Kier molecular flexibility index (Phi) is 4.51. The summed E-state index contributed by atoms with van der Waals surface area (Å²) in [5.74, 6) is -0.244. The highest BCUT2D eigenvalue weighted by molar-refractivity contribution is 5.96. The molecule has 17 heavy (non-hydrogen) atoms. The molecule has 0 unspecified atom stereocenters. The lowest BCUT2D eigenvalue weighted by Crippen LogP contribution is -2.39. The van der Waals surface area contributed by atoms with Crippen molar-refractivity contribution in [3.8, 4) is 5.75 Å². The third-order valence-corrected chi connectivity index (χ3v) is 2.23. The van der Waals surface area contributed by atoms with Crippen LogP contribution < -0.4 is 10.1 Å². The number of hydrogen-bond donors (Lipinski definition) is 1. The molecule has 0 saturated carbocycles. The third kappa shape index (κ3) is 3.48. The number of benzene rings is 1. The van der Waals surface area contributed by atoms with Crippen molar-refractivity contribution in [3.05, 3.63) is 29.8 Å². The maximum Gasteiger partial charge on any atom is 0.328 e. The van der Waals surface area contributed by atoms with E-state index in [0.717, 1.165) is 0 Å². The summed E-state index contributed by atoms with van der Waals surface area (Å²) in [7, 11) is 2.80. The minimum atomic E-state index is -0.682. The molecule has 0 bridgehead atoms. The average Bonchev–Trinajstić information content (AvgIpc) is 2.37. The fourth-order valence-electron chi connectivity index (χ4n) is 1.28. The summed E-state index contributed by atoms with van der Waals surface area (Å²) < 4.78 is 9.52. The van der Waals surface area contributed by atoms with E-state index in [-0.39, 0.29) is 5.91 Å². The van der Waals surface area contributed by atoms with Gasteiger partial charge in [-0.3, -0.25) is 4.79 Å². The zero-order chi connectivity index (χ0) is 12.8. The smallest absolute Gasteiger partial charge is 0.328 e. The van der Waals surface area contributed by atoms with E-state index in [0.29, 0.717) is 11.3 Å². The van der Waals surface area contributed by atoms with Gasteiger partial charge in [0.1, 0.15) is 11.8 Å². The predicted molar refractivity (Wildman–Crippen MR) is 61.9 cm³/mol. The first kappa shape index (κ1) is 13.0. The number of amides is 1. The van der Waals surface area contributed by atoms with Crippen LogP contribution in [0.1, 0.15) is 17.3 Å². The molecule has 1 amide bonds. The Bertz CT molecular complexity index is 417. The van der Waals surface area contributed by atoms with E-state index in [1.165, 1.54) is 14.2 Å². The number of hydrogen-bond acceptors (Lipinski definition) is 4. The van der Waals surface area contributed by atoms with E-state index in [2.05, 4.69) is 10.1 Å². The van der Waals surface area contributed by atoms with Gasteiger partial charge < -0.3 is 14.8 Å². The normalized spacial score (nSPS) is 11.5. The minimum Gasteiger partial charge on any atom is -0.497 e. The van der Waals surface area contributed by atoms with Gasteiger partial charge >= 0.3 is 5.97 Å². The highest BCUT2D eigenvalue weighted by atomic mass is 16.5. The van der Waals surface area contributed by atoms with Crippen LogP contribution in [0.2, 0.25) is 0 Å². The Morgan fingerprint density at radius 3 is 2.59 bits per heavy atom. The van der Waals surface area contributed by atoms with E-state index in [9.17, 15) is 9.59 Å². The molecule has 0 aliphatic rings. The second kappa shape index (κ2) is 5.89. The van der Waals surface area contributed by atoms with E-state index < -0.39 is 12.0 Å². The van der Waals surface area contributed by atoms with Crippen LogP contribution in [0.15, 0.2) is 24.3 Å². The Hall–Kier alpha value is -2.04. The van der Waals surface area contributed by atoms with Gasteiger partial charge in [-0.2, -0.15) is 0 Å². The van der Waals surface area contributed by atoms with Crippen LogP contribution in [-0.2, 0) is 9.53 Å². The maximum atomic E-state index is 11.8. The summed E-state index contributed by atoms with van der Waals surface area (Å²) in [5, 5.41) is 2.53. The monoisotopic (exact) mass is 237 g/mol. The van der Waals surface area contributed by atoms with Gasteiger partial charge in [0, 0.05) is 5.56 Å². The number of ether oxygens (including phenoxy) is 2. The Morgan fingerprint density at radius 1 is 1.29 bits per heavy atom. The highest BCUT2D eigenvalue weighted by Crippen LogP contribution is 2.12. The standard InChI is InChI=1S/C12H15NO4/c1-8(12(15)17-3)13-11(14)9-5-4-6-10(7-9)16-2/h4-8H,1-3H3,(H,13,14)/t8-/m0/s1. The molecule has 0 aliphatic carbocycles. The van der Waals surface area contributed by atoms with Crippen molar-refractivity contribution >= 4 is 11.9 Å². The van der Waals surface area contributed by atoms with Crippen LogP contribution in [0.3, 0.4) is 0 Å². The van der Waals surface area contributed by atoms with Crippen molar-refractivity contribution in [2.45, 2.75) is 13.0 Å². The zero-order valence-electron chi connectivity index (χ0n) is 10.0. The second-order valence-corrected chi connectivity index (χ2v) is 3.45. The van der Waals surface area contributed by atoms with Gasteiger partial charge in [-0.15, -0.1) is 0 Å². The van der Waals surface area contributed by atoms with Crippen LogP contribution in [-0.4, -0.2) is 32.1 Å². The molecule has 0 heterocycles. The van der Waals surface area contributed by atoms with Crippen molar-refractivity contribution in [2.75, 3.05) is 14.2 Å². The lowest BCUT2D eigenvalue weighted by atomic mass is 10.2. The minimum absolute atomic E-state index is 0.346. The summed E-state index contributed by atoms with van der Waals surface area (Å²) in [4.78, 5) is 22.9. The van der Waals surface area contributed by atoms with Gasteiger partial charge in [-0.25, -0.2) is 4.79 Å². The largest absolute Gasteiger partial charge is 0.497 e. The summed E-state index contributed by atoms with van der Waals surface area (Å²) >= 11 is 0. The molecule has 0 aromatic heterocycles. The molecule has 0 aliphatic heterocycles. The van der Waals surface area contributed by atoms with Crippen LogP contribution in [0.25, 0.3) is 0 Å². The van der Waals surface area contributed by atoms with E-state index in [4.69, 9.17) is 4.74 Å². The maximum absolute atomic E-state index is 11.8. The van der Waals surface area contributed by atoms with Crippen LogP contribution >= 0.6 is 0 Å². The van der Waals surface area contributed by atoms with Gasteiger partial charge in [0.2, 0.25) is 0 Å². The molecule has 1 N–H and O–H groups in total. The van der Waals surface area contributed by atoms with Crippen LogP contribution in [0.5, 0.6) is 5.75 Å². The summed E-state index contributed by atoms with van der Waals surface area (Å²) in [5.41, 5.74) is 0.431. The van der Waals surface area contributed by atoms with E-state index >= 15 is 0 Å². The Labute approximate surface area is 99.7 Å².